The molecule has 25 heavy (non-hydrogen) atoms. The van der Waals surface area contributed by atoms with Crippen LogP contribution in [0.1, 0.15) is 65.1 Å². The van der Waals surface area contributed by atoms with Crippen LogP contribution in [0.25, 0.3) is 0 Å². The van der Waals surface area contributed by atoms with E-state index < -0.39 is 0 Å². The third-order valence-corrected chi connectivity index (χ3v) is 4.57. The zero-order chi connectivity index (χ0) is 18.9. The quantitative estimate of drug-likeness (QED) is 0.751. The van der Waals surface area contributed by atoms with Gasteiger partial charge in [0.15, 0.2) is 5.78 Å². The van der Waals surface area contributed by atoms with E-state index in [-0.39, 0.29) is 17.7 Å². The number of hydrogen-bond donors (Lipinski definition) is 0. The molecule has 2 aromatic heterocycles. The van der Waals surface area contributed by atoms with Gasteiger partial charge in [-0.15, -0.1) is 0 Å². The van der Waals surface area contributed by atoms with Crippen LogP contribution < -0.4 is 0 Å². The highest BCUT2D eigenvalue weighted by Crippen LogP contribution is 2.21. The molecule has 2 heterocycles. The molecule has 0 saturated heterocycles. The van der Waals surface area contributed by atoms with Gasteiger partial charge < -0.3 is 9.42 Å². The Labute approximate surface area is 148 Å². The molecule has 0 N–H and O–H groups in total. The third-order valence-electron chi connectivity index (χ3n) is 4.57. The van der Waals surface area contributed by atoms with Crippen LogP contribution >= 0.6 is 0 Å². The van der Waals surface area contributed by atoms with Gasteiger partial charge in [-0.1, -0.05) is 5.16 Å². The van der Waals surface area contributed by atoms with Crippen LogP contribution in [0.5, 0.6) is 0 Å². The predicted molar refractivity (Wildman–Crippen MR) is 93.5 cm³/mol. The van der Waals surface area contributed by atoms with Crippen LogP contribution in [0.3, 0.4) is 0 Å². The lowest BCUT2D eigenvalue weighted by atomic mass is 10.1. The Bertz CT molecular complexity index is 784. The van der Waals surface area contributed by atoms with Gasteiger partial charge in [0.25, 0.3) is 0 Å². The van der Waals surface area contributed by atoms with Gasteiger partial charge in [-0.3, -0.25) is 14.3 Å². The molecule has 0 aliphatic heterocycles. The normalized spacial score (nSPS) is 12.3. The number of ketones is 1. The Kier molecular flexibility index (Phi) is 5.45. The number of Topliss-reactive ketones (excluding diaryl/α,β-unsaturated/α-hetero) is 1. The molecule has 2 rings (SSSR count). The number of hydrogen-bond acceptors (Lipinski definition) is 5. The second-order valence-corrected chi connectivity index (χ2v) is 6.65. The van der Waals surface area contributed by atoms with Crippen molar-refractivity contribution >= 4 is 11.7 Å². The van der Waals surface area contributed by atoms with Crippen molar-refractivity contribution in [3.8, 4) is 0 Å². The third kappa shape index (κ3) is 3.81. The molecular weight excluding hydrogens is 320 g/mol. The highest BCUT2D eigenvalue weighted by molar-refractivity contribution is 5.96. The molecule has 0 bridgehead atoms. The average Bonchev–Trinajstić information content (AvgIpc) is 3.00. The Morgan fingerprint density at radius 2 is 1.84 bits per heavy atom. The van der Waals surface area contributed by atoms with Crippen molar-refractivity contribution in [1.82, 2.24) is 19.8 Å². The van der Waals surface area contributed by atoms with E-state index in [4.69, 9.17) is 4.52 Å². The number of nitrogens with zero attached hydrogens (tertiary/aromatic N) is 4. The summed E-state index contributed by atoms with van der Waals surface area (Å²) in [5.74, 6) is 0.731. The Balaban J connectivity index is 2.10. The van der Waals surface area contributed by atoms with Crippen LogP contribution in [-0.2, 0) is 11.3 Å². The largest absolute Gasteiger partial charge is 0.361 e. The number of carbonyl (C=O) groups excluding carboxylic acids is 2. The summed E-state index contributed by atoms with van der Waals surface area (Å²) < 4.78 is 6.92. The highest BCUT2D eigenvalue weighted by Gasteiger charge is 2.22. The maximum absolute atomic E-state index is 12.6. The molecular formula is C18H26N4O3. The summed E-state index contributed by atoms with van der Waals surface area (Å²) >= 11 is 0. The second-order valence-electron chi connectivity index (χ2n) is 6.65. The van der Waals surface area contributed by atoms with Crippen LogP contribution in [0.2, 0.25) is 0 Å². The molecule has 1 amide bonds. The fourth-order valence-electron chi connectivity index (χ4n) is 3.15. The van der Waals surface area contributed by atoms with E-state index in [0.29, 0.717) is 24.2 Å². The molecule has 0 fully saturated rings. The molecule has 0 aliphatic carbocycles. The second kappa shape index (κ2) is 7.21. The topological polar surface area (TPSA) is 81.2 Å². The average molecular weight is 346 g/mol. The smallest absolute Gasteiger partial charge is 0.224 e. The van der Waals surface area contributed by atoms with Gasteiger partial charge in [0, 0.05) is 24.7 Å². The lowest BCUT2D eigenvalue weighted by Gasteiger charge is -2.20. The Morgan fingerprint density at radius 1 is 1.20 bits per heavy atom. The van der Waals surface area contributed by atoms with Gasteiger partial charge in [0.1, 0.15) is 5.76 Å². The van der Waals surface area contributed by atoms with Crippen LogP contribution in [0, 0.1) is 27.7 Å². The lowest BCUT2D eigenvalue weighted by Crippen LogP contribution is -2.29. The van der Waals surface area contributed by atoms with Gasteiger partial charge >= 0.3 is 0 Å². The lowest BCUT2D eigenvalue weighted by molar-refractivity contribution is -0.131. The van der Waals surface area contributed by atoms with E-state index in [1.165, 1.54) is 6.92 Å². The molecule has 0 radical (unpaired) electrons. The number of aromatic nitrogens is 3. The van der Waals surface area contributed by atoms with Gasteiger partial charge in [-0.2, -0.15) is 5.10 Å². The van der Waals surface area contributed by atoms with Crippen molar-refractivity contribution < 1.29 is 14.1 Å². The molecule has 7 nitrogen and oxygen atoms in total. The first-order valence-electron chi connectivity index (χ1n) is 8.35. The van der Waals surface area contributed by atoms with E-state index >= 15 is 0 Å². The number of amides is 1. The van der Waals surface area contributed by atoms with E-state index in [0.717, 1.165) is 22.7 Å². The fraction of sp³-hybridized carbons (Fsp3) is 0.556. The summed E-state index contributed by atoms with van der Waals surface area (Å²) in [4.78, 5) is 26.0. The standard InChI is InChI=1S/C18H26N4O3/c1-10(22-13(4)18(14(5)23)12(3)19-22)8-17(24)21(7)9-16-11(2)20-25-15(16)6/h10H,8-9H2,1-7H3/t10-/m1/s1. The Morgan fingerprint density at radius 3 is 2.32 bits per heavy atom. The number of aryl methyl sites for hydroxylation is 3. The van der Waals surface area contributed by atoms with Gasteiger partial charge in [-0.05, 0) is 41.5 Å². The predicted octanol–water partition coefficient (Wildman–Crippen LogP) is 2.92. The zero-order valence-corrected chi connectivity index (χ0v) is 16.0. The maximum atomic E-state index is 12.6. The molecule has 0 spiro atoms. The van der Waals surface area contributed by atoms with Crippen molar-refractivity contribution in [1.29, 1.82) is 0 Å². The molecule has 2 aromatic rings. The summed E-state index contributed by atoms with van der Waals surface area (Å²) in [6, 6.07) is -0.133. The van der Waals surface area contributed by atoms with Crippen molar-refractivity contribution in [2.75, 3.05) is 7.05 Å². The summed E-state index contributed by atoms with van der Waals surface area (Å²) in [5.41, 5.74) is 3.89. The van der Waals surface area contributed by atoms with Crippen LogP contribution in [-0.4, -0.2) is 38.6 Å². The Hall–Kier alpha value is -2.44. The first-order chi connectivity index (χ1) is 11.6. The molecule has 0 aromatic carbocycles. The van der Waals surface area contributed by atoms with Crippen LogP contribution in [0.15, 0.2) is 4.52 Å². The molecule has 7 heteroatoms. The first kappa shape index (κ1) is 18.9. The van der Waals surface area contributed by atoms with E-state index in [2.05, 4.69) is 10.3 Å². The number of carbonyl (C=O) groups is 2. The minimum absolute atomic E-state index is 0.00410. The van der Waals surface area contributed by atoms with E-state index in [9.17, 15) is 9.59 Å². The minimum Gasteiger partial charge on any atom is -0.361 e. The number of rotatable bonds is 6. The maximum Gasteiger partial charge on any atom is 0.224 e. The summed E-state index contributed by atoms with van der Waals surface area (Å²) in [6.45, 7) is 11.3. The molecule has 0 unspecified atom stereocenters. The SMILES string of the molecule is CC(=O)c1c(C)nn([C@H](C)CC(=O)N(C)Cc2c(C)noc2C)c1C. The van der Waals surface area contributed by atoms with Crippen molar-refractivity contribution in [3.63, 3.8) is 0 Å². The summed E-state index contributed by atoms with van der Waals surface area (Å²) in [7, 11) is 1.77. The minimum atomic E-state index is -0.133. The van der Waals surface area contributed by atoms with Gasteiger partial charge in [0.2, 0.25) is 5.91 Å². The van der Waals surface area contributed by atoms with Crippen molar-refractivity contribution in [3.05, 3.63) is 34.0 Å². The van der Waals surface area contributed by atoms with Gasteiger partial charge in [-0.25, -0.2) is 0 Å². The van der Waals surface area contributed by atoms with E-state index in [1.807, 2.05) is 34.6 Å². The van der Waals surface area contributed by atoms with Crippen molar-refractivity contribution in [2.24, 2.45) is 0 Å². The zero-order valence-electron chi connectivity index (χ0n) is 16.0. The molecule has 1 atom stereocenters. The van der Waals surface area contributed by atoms with Crippen molar-refractivity contribution in [2.45, 2.75) is 60.5 Å². The van der Waals surface area contributed by atoms with Gasteiger partial charge in [0.05, 0.1) is 29.5 Å². The summed E-state index contributed by atoms with van der Waals surface area (Å²) in [5, 5.41) is 8.37. The fourth-order valence-corrected chi connectivity index (χ4v) is 3.15. The van der Waals surface area contributed by atoms with E-state index in [1.54, 1.807) is 16.6 Å². The molecule has 0 aliphatic rings. The first-order valence-corrected chi connectivity index (χ1v) is 8.35. The monoisotopic (exact) mass is 346 g/mol. The summed E-state index contributed by atoms with van der Waals surface area (Å²) in [6.07, 6.45) is 0.305. The van der Waals surface area contributed by atoms with Crippen LogP contribution in [0.4, 0.5) is 0 Å². The molecule has 136 valence electrons. The highest BCUT2D eigenvalue weighted by atomic mass is 16.5. The molecule has 0 saturated carbocycles.